The first kappa shape index (κ1) is 10.3. The summed E-state index contributed by atoms with van der Waals surface area (Å²) in [5.41, 5.74) is 0.110. The highest BCUT2D eigenvalue weighted by Gasteiger charge is 2.21. The molecule has 3 nitrogen and oxygen atoms in total. The normalized spacial score (nSPS) is 15.0. The van der Waals surface area contributed by atoms with E-state index in [4.69, 9.17) is 9.84 Å². The summed E-state index contributed by atoms with van der Waals surface area (Å²) in [5, 5.41) is 8.93. The summed E-state index contributed by atoms with van der Waals surface area (Å²) in [6, 6.07) is 2.41. The predicted molar refractivity (Wildman–Crippen MR) is 54.2 cm³/mol. The molecule has 0 atom stereocenters. The molecule has 0 aromatic heterocycles. The number of carboxylic acid groups (broad SMARTS) is 1. The van der Waals surface area contributed by atoms with Crippen molar-refractivity contribution in [2.75, 3.05) is 12.4 Å². The van der Waals surface area contributed by atoms with Crippen molar-refractivity contribution in [2.24, 2.45) is 0 Å². The van der Waals surface area contributed by atoms with E-state index in [0.717, 1.165) is 18.2 Å². The molecule has 1 aromatic rings. The second-order valence-electron chi connectivity index (χ2n) is 3.11. The fraction of sp³-hybridized carbons (Fsp3) is 0.300. The summed E-state index contributed by atoms with van der Waals surface area (Å²) in [5.74, 6) is -0.720. The molecule has 1 heterocycles. The van der Waals surface area contributed by atoms with Crippen LogP contribution in [0.1, 0.15) is 16.8 Å². The molecule has 1 aliphatic heterocycles. The Kier molecular flexibility index (Phi) is 2.81. The first-order valence-corrected chi connectivity index (χ1v) is 5.50. The minimum atomic E-state index is -1.05. The predicted octanol–water partition coefficient (Wildman–Crippen LogP) is 2.40. The minimum Gasteiger partial charge on any atom is -0.489 e. The monoisotopic (exact) mass is 228 g/mol. The van der Waals surface area contributed by atoms with Gasteiger partial charge in [0, 0.05) is 5.75 Å². The van der Waals surface area contributed by atoms with Crippen LogP contribution in [0.2, 0.25) is 0 Å². The van der Waals surface area contributed by atoms with Crippen LogP contribution in [-0.4, -0.2) is 23.4 Å². The molecule has 15 heavy (non-hydrogen) atoms. The number of ether oxygens (including phenoxy) is 1. The van der Waals surface area contributed by atoms with E-state index in [9.17, 15) is 9.18 Å². The second kappa shape index (κ2) is 4.10. The highest BCUT2D eigenvalue weighted by molar-refractivity contribution is 7.99. The average molecular weight is 228 g/mol. The lowest BCUT2D eigenvalue weighted by molar-refractivity contribution is 0.0692. The van der Waals surface area contributed by atoms with Crippen LogP contribution in [0.3, 0.4) is 0 Å². The van der Waals surface area contributed by atoms with Gasteiger partial charge in [-0.3, -0.25) is 0 Å². The lowest BCUT2D eigenvalue weighted by Crippen LogP contribution is -2.03. The summed E-state index contributed by atoms with van der Waals surface area (Å²) >= 11 is 1.33. The van der Waals surface area contributed by atoms with Crippen LogP contribution in [0.4, 0.5) is 4.39 Å². The summed E-state index contributed by atoms with van der Waals surface area (Å²) in [7, 11) is 0. The number of rotatable bonds is 1. The highest BCUT2D eigenvalue weighted by Crippen LogP contribution is 2.37. The van der Waals surface area contributed by atoms with E-state index in [0.29, 0.717) is 11.5 Å². The number of halogens is 1. The molecule has 0 saturated carbocycles. The van der Waals surface area contributed by atoms with Crippen molar-refractivity contribution in [3.63, 3.8) is 0 Å². The number of carboxylic acids is 1. The molecule has 0 bridgehead atoms. The molecular formula is C10H9FO3S. The van der Waals surface area contributed by atoms with Crippen molar-refractivity contribution < 1.29 is 19.0 Å². The van der Waals surface area contributed by atoms with Gasteiger partial charge in [0.1, 0.15) is 0 Å². The van der Waals surface area contributed by atoms with Gasteiger partial charge in [-0.1, -0.05) is 0 Å². The van der Waals surface area contributed by atoms with Gasteiger partial charge in [0.25, 0.3) is 0 Å². The number of hydrogen-bond acceptors (Lipinski definition) is 3. The lowest BCUT2D eigenvalue weighted by atomic mass is 10.2. The fourth-order valence-corrected chi connectivity index (χ4v) is 2.46. The third kappa shape index (κ3) is 1.92. The van der Waals surface area contributed by atoms with Crippen molar-refractivity contribution in [1.29, 1.82) is 0 Å². The van der Waals surface area contributed by atoms with E-state index in [1.807, 2.05) is 0 Å². The Morgan fingerprint density at radius 3 is 3.07 bits per heavy atom. The van der Waals surface area contributed by atoms with Gasteiger partial charge >= 0.3 is 5.97 Å². The zero-order valence-electron chi connectivity index (χ0n) is 7.83. The van der Waals surface area contributed by atoms with Crippen LogP contribution in [0.15, 0.2) is 17.0 Å². The first-order chi connectivity index (χ1) is 7.20. The summed E-state index contributed by atoms with van der Waals surface area (Å²) in [6.45, 7) is 0.431. The molecule has 0 aliphatic carbocycles. The van der Waals surface area contributed by atoms with Gasteiger partial charge < -0.3 is 9.84 Å². The van der Waals surface area contributed by atoms with E-state index >= 15 is 0 Å². The van der Waals surface area contributed by atoms with Crippen LogP contribution in [0.25, 0.3) is 0 Å². The molecule has 1 N–H and O–H groups in total. The third-order valence-electron chi connectivity index (χ3n) is 2.08. The molecule has 0 saturated heterocycles. The van der Waals surface area contributed by atoms with Crippen molar-refractivity contribution in [3.05, 3.63) is 23.5 Å². The van der Waals surface area contributed by atoms with Crippen LogP contribution in [-0.2, 0) is 0 Å². The van der Waals surface area contributed by atoms with Gasteiger partial charge in [0.15, 0.2) is 11.6 Å². The Morgan fingerprint density at radius 1 is 1.53 bits per heavy atom. The largest absolute Gasteiger partial charge is 0.489 e. The smallest absolute Gasteiger partial charge is 0.336 e. The maximum Gasteiger partial charge on any atom is 0.336 e. The SMILES string of the molecule is O=C(O)c1ccc(F)c2c1SCCCO2. The third-order valence-corrected chi connectivity index (χ3v) is 3.26. The van der Waals surface area contributed by atoms with Crippen molar-refractivity contribution >= 4 is 17.7 Å². The van der Waals surface area contributed by atoms with E-state index in [-0.39, 0.29) is 11.3 Å². The maximum absolute atomic E-state index is 13.4. The van der Waals surface area contributed by atoms with Crippen LogP contribution in [0.5, 0.6) is 5.75 Å². The van der Waals surface area contributed by atoms with E-state index < -0.39 is 11.8 Å². The van der Waals surface area contributed by atoms with Gasteiger partial charge in [-0.25, -0.2) is 9.18 Å². The molecule has 80 valence electrons. The Morgan fingerprint density at radius 2 is 2.33 bits per heavy atom. The first-order valence-electron chi connectivity index (χ1n) is 4.51. The van der Waals surface area contributed by atoms with Gasteiger partial charge in [0.05, 0.1) is 17.1 Å². The summed E-state index contributed by atoms with van der Waals surface area (Å²) in [6.07, 6.45) is 0.790. The van der Waals surface area contributed by atoms with Crippen LogP contribution < -0.4 is 4.74 Å². The van der Waals surface area contributed by atoms with E-state index in [1.165, 1.54) is 17.8 Å². The number of thioether (sulfide) groups is 1. The Balaban J connectivity index is 2.56. The molecule has 1 aromatic carbocycles. The highest BCUT2D eigenvalue weighted by atomic mass is 32.2. The van der Waals surface area contributed by atoms with Crippen LogP contribution >= 0.6 is 11.8 Å². The van der Waals surface area contributed by atoms with Crippen LogP contribution in [0, 0.1) is 5.82 Å². The Bertz CT molecular complexity index is 406. The van der Waals surface area contributed by atoms with E-state index in [2.05, 4.69) is 0 Å². The quantitative estimate of drug-likeness (QED) is 0.801. The van der Waals surface area contributed by atoms with Gasteiger partial charge in [-0.2, -0.15) is 0 Å². The summed E-state index contributed by atoms with van der Waals surface area (Å²) in [4.78, 5) is 11.3. The minimum absolute atomic E-state index is 0.0809. The Labute approximate surface area is 90.2 Å². The van der Waals surface area contributed by atoms with Gasteiger partial charge in [-0.05, 0) is 18.6 Å². The van der Waals surface area contributed by atoms with E-state index in [1.54, 1.807) is 0 Å². The molecular weight excluding hydrogens is 219 g/mol. The molecule has 0 fully saturated rings. The lowest BCUT2D eigenvalue weighted by Gasteiger charge is -2.09. The number of carbonyl (C=O) groups is 1. The fourth-order valence-electron chi connectivity index (χ4n) is 1.39. The summed E-state index contributed by atoms with van der Waals surface area (Å²) < 4.78 is 18.6. The average Bonchev–Trinajstić information content (AvgIpc) is 2.43. The second-order valence-corrected chi connectivity index (χ2v) is 4.21. The zero-order chi connectivity index (χ0) is 10.8. The molecule has 0 spiro atoms. The van der Waals surface area contributed by atoms with Crippen molar-refractivity contribution in [2.45, 2.75) is 11.3 Å². The molecule has 0 unspecified atom stereocenters. The number of aromatic carboxylic acids is 1. The van der Waals surface area contributed by atoms with Gasteiger partial charge in [0.2, 0.25) is 0 Å². The maximum atomic E-state index is 13.4. The molecule has 0 amide bonds. The standard InChI is InChI=1S/C10H9FO3S/c11-7-3-2-6(10(12)13)9-8(7)14-4-1-5-15-9/h2-3H,1,4-5H2,(H,12,13). The Hall–Kier alpha value is -1.23. The molecule has 0 radical (unpaired) electrons. The number of fused-ring (bicyclic) bond motifs is 1. The topological polar surface area (TPSA) is 46.5 Å². The number of benzene rings is 1. The molecule has 1 aliphatic rings. The van der Waals surface area contributed by atoms with Crippen molar-refractivity contribution in [1.82, 2.24) is 0 Å². The van der Waals surface area contributed by atoms with Crippen molar-refractivity contribution in [3.8, 4) is 5.75 Å². The zero-order valence-corrected chi connectivity index (χ0v) is 8.64. The van der Waals surface area contributed by atoms with Gasteiger partial charge in [-0.15, -0.1) is 11.8 Å². The number of hydrogen-bond donors (Lipinski definition) is 1. The molecule has 2 rings (SSSR count). The molecule has 5 heteroatoms.